The molecular formula is C17H24Cl2N2O2. The molecule has 2 fully saturated rings. The average molecular weight is 359 g/mol. The fourth-order valence-electron chi connectivity index (χ4n) is 3.27. The SMILES string of the molecule is CCCOc1ccc(C(=O)N2CC[C@H]3CC[C@@H](C2)N3)cc1Cl.Cl. The van der Waals surface area contributed by atoms with Crippen molar-refractivity contribution in [1.29, 1.82) is 0 Å². The number of nitrogens with zero attached hydrogens (tertiary/aromatic N) is 1. The van der Waals surface area contributed by atoms with Gasteiger partial charge in [0, 0.05) is 30.7 Å². The van der Waals surface area contributed by atoms with E-state index in [0.29, 0.717) is 35.0 Å². The summed E-state index contributed by atoms with van der Waals surface area (Å²) in [6.07, 6.45) is 4.37. The molecule has 0 unspecified atom stereocenters. The minimum Gasteiger partial charge on any atom is -0.492 e. The smallest absolute Gasteiger partial charge is 0.253 e. The van der Waals surface area contributed by atoms with Gasteiger partial charge in [0.25, 0.3) is 5.91 Å². The summed E-state index contributed by atoms with van der Waals surface area (Å²) < 4.78 is 5.56. The van der Waals surface area contributed by atoms with E-state index in [0.717, 1.165) is 25.9 Å². The predicted molar refractivity (Wildman–Crippen MR) is 95.0 cm³/mol. The van der Waals surface area contributed by atoms with Crippen molar-refractivity contribution in [3.8, 4) is 5.75 Å². The molecule has 0 aromatic heterocycles. The Balaban J connectivity index is 0.00000192. The van der Waals surface area contributed by atoms with Crippen LogP contribution in [-0.4, -0.2) is 42.6 Å². The maximum atomic E-state index is 12.7. The molecule has 1 N–H and O–H groups in total. The molecule has 1 amide bonds. The molecule has 6 heteroatoms. The largest absolute Gasteiger partial charge is 0.492 e. The molecule has 2 aliphatic rings. The Hall–Kier alpha value is -0.970. The molecule has 0 saturated carbocycles. The number of halogens is 2. The van der Waals surface area contributed by atoms with Crippen molar-refractivity contribution in [3.05, 3.63) is 28.8 Å². The summed E-state index contributed by atoms with van der Waals surface area (Å²) in [5.41, 5.74) is 0.645. The van der Waals surface area contributed by atoms with Gasteiger partial charge in [0.15, 0.2) is 0 Å². The van der Waals surface area contributed by atoms with Crippen LogP contribution >= 0.6 is 24.0 Å². The number of nitrogens with one attached hydrogen (secondary N) is 1. The van der Waals surface area contributed by atoms with Crippen molar-refractivity contribution in [2.24, 2.45) is 0 Å². The van der Waals surface area contributed by atoms with Gasteiger partial charge in [-0.3, -0.25) is 4.79 Å². The highest BCUT2D eigenvalue weighted by Crippen LogP contribution is 2.27. The quantitative estimate of drug-likeness (QED) is 0.895. The van der Waals surface area contributed by atoms with Crippen molar-refractivity contribution in [3.63, 3.8) is 0 Å². The number of likely N-dealkylation sites (tertiary alicyclic amines) is 1. The number of fused-ring (bicyclic) bond motifs is 2. The summed E-state index contributed by atoms with van der Waals surface area (Å²) in [5.74, 6) is 0.718. The summed E-state index contributed by atoms with van der Waals surface area (Å²) >= 11 is 6.24. The maximum absolute atomic E-state index is 12.7. The zero-order chi connectivity index (χ0) is 15.5. The van der Waals surface area contributed by atoms with Gasteiger partial charge in [-0.2, -0.15) is 0 Å². The number of hydrogen-bond acceptors (Lipinski definition) is 3. The number of amides is 1. The molecule has 4 nitrogen and oxygen atoms in total. The van der Waals surface area contributed by atoms with Crippen molar-refractivity contribution in [1.82, 2.24) is 10.2 Å². The first-order chi connectivity index (χ1) is 10.7. The summed E-state index contributed by atoms with van der Waals surface area (Å²) in [4.78, 5) is 14.7. The van der Waals surface area contributed by atoms with E-state index >= 15 is 0 Å². The van der Waals surface area contributed by atoms with Gasteiger partial charge in [-0.15, -0.1) is 12.4 Å². The van der Waals surface area contributed by atoms with E-state index in [4.69, 9.17) is 16.3 Å². The molecule has 2 bridgehead atoms. The number of ether oxygens (including phenoxy) is 1. The van der Waals surface area contributed by atoms with E-state index in [1.807, 2.05) is 17.9 Å². The van der Waals surface area contributed by atoms with Crippen LogP contribution in [0.25, 0.3) is 0 Å². The molecule has 3 rings (SSSR count). The fourth-order valence-corrected chi connectivity index (χ4v) is 3.51. The van der Waals surface area contributed by atoms with Gasteiger partial charge in [-0.25, -0.2) is 0 Å². The minimum atomic E-state index is 0. The second-order valence-electron chi connectivity index (χ2n) is 6.17. The summed E-state index contributed by atoms with van der Waals surface area (Å²) in [5, 5.41) is 4.10. The molecule has 2 aliphatic heterocycles. The van der Waals surface area contributed by atoms with E-state index in [-0.39, 0.29) is 18.3 Å². The summed E-state index contributed by atoms with van der Waals surface area (Å²) in [6.45, 7) is 4.29. The zero-order valence-corrected chi connectivity index (χ0v) is 15.0. The third-order valence-corrected chi connectivity index (χ3v) is 4.75. The Morgan fingerprint density at radius 2 is 2.13 bits per heavy atom. The first kappa shape index (κ1) is 18.4. The van der Waals surface area contributed by atoms with E-state index in [2.05, 4.69) is 5.32 Å². The van der Waals surface area contributed by atoms with E-state index in [9.17, 15) is 4.79 Å². The van der Waals surface area contributed by atoms with Crippen LogP contribution in [0.15, 0.2) is 18.2 Å². The van der Waals surface area contributed by atoms with Crippen LogP contribution in [0.1, 0.15) is 43.0 Å². The van der Waals surface area contributed by atoms with Crippen LogP contribution in [0.3, 0.4) is 0 Å². The Kier molecular flexibility index (Phi) is 6.57. The topological polar surface area (TPSA) is 41.6 Å². The van der Waals surface area contributed by atoms with Crippen LogP contribution in [0, 0.1) is 0 Å². The fraction of sp³-hybridized carbons (Fsp3) is 0.588. The Bertz CT molecular complexity index is 553. The highest BCUT2D eigenvalue weighted by Gasteiger charge is 2.31. The monoisotopic (exact) mass is 358 g/mol. The molecule has 2 saturated heterocycles. The minimum absolute atomic E-state index is 0. The molecule has 2 atom stereocenters. The standard InChI is InChI=1S/C17H23ClN2O2.ClH/c1-2-9-22-16-6-3-12(10-15(16)18)17(21)20-8-7-13-4-5-14(11-20)19-13;/h3,6,10,13-14,19H,2,4-5,7-9,11H2,1H3;1H/t13-,14+;/m1./s1. The third-order valence-electron chi connectivity index (χ3n) is 4.45. The van der Waals surface area contributed by atoms with Gasteiger partial charge in [-0.1, -0.05) is 18.5 Å². The van der Waals surface area contributed by atoms with Crippen molar-refractivity contribution in [2.75, 3.05) is 19.7 Å². The normalized spacial score (nSPS) is 23.1. The lowest BCUT2D eigenvalue weighted by atomic mass is 10.1. The lowest BCUT2D eigenvalue weighted by Crippen LogP contribution is -2.39. The maximum Gasteiger partial charge on any atom is 0.253 e. The third kappa shape index (κ3) is 4.31. The van der Waals surface area contributed by atoms with Gasteiger partial charge in [0.05, 0.1) is 11.6 Å². The zero-order valence-electron chi connectivity index (χ0n) is 13.4. The molecule has 0 aliphatic carbocycles. The lowest BCUT2D eigenvalue weighted by molar-refractivity contribution is 0.0748. The predicted octanol–water partition coefficient (Wildman–Crippen LogP) is 3.52. The van der Waals surface area contributed by atoms with Gasteiger partial charge in [0.2, 0.25) is 0 Å². The van der Waals surface area contributed by atoms with Crippen LogP contribution in [0.2, 0.25) is 5.02 Å². The van der Waals surface area contributed by atoms with Gasteiger partial charge in [0.1, 0.15) is 5.75 Å². The molecule has 2 heterocycles. The Labute approximate surface area is 148 Å². The average Bonchev–Trinajstić information content (AvgIpc) is 2.84. The van der Waals surface area contributed by atoms with Crippen LogP contribution in [0.5, 0.6) is 5.75 Å². The second kappa shape index (κ2) is 8.22. The number of carbonyl (C=O) groups excluding carboxylic acids is 1. The molecule has 0 spiro atoms. The second-order valence-corrected chi connectivity index (χ2v) is 6.58. The number of carbonyl (C=O) groups is 1. The highest BCUT2D eigenvalue weighted by molar-refractivity contribution is 6.32. The molecule has 128 valence electrons. The van der Waals surface area contributed by atoms with Gasteiger partial charge >= 0.3 is 0 Å². The van der Waals surface area contributed by atoms with Gasteiger partial charge < -0.3 is 15.0 Å². The summed E-state index contributed by atoms with van der Waals surface area (Å²) in [7, 11) is 0. The van der Waals surface area contributed by atoms with E-state index in [1.165, 1.54) is 12.8 Å². The molecule has 0 radical (unpaired) electrons. The first-order valence-electron chi connectivity index (χ1n) is 8.15. The van der Waals surface area contributed by atoms with Gasteiger partial charge in [-0.05, 0) is 43.9 Å². The first-order valence-corrected chi connectivity index (χ1v) is 8.53. The van der Waals surface area contributed by atoms with E-state index in [1.54, 1.807) is 12.1 Å². The van der Waals surface area contributed by atoms with E-state index < -0.39 is 0 Å². The highest BCUT2D eigenvalue weighted by atomic mass is 35.5. The molecule has 1 aromatic rings. The van der Waals surface area contributed by atoms with Crippen molar-refractivity contribution < 1.29 is 9.53 Å². The Morgan fingerprint density at radius 3 is 2.87 bits per heavy atom. The van der Waals surface area contributed by atoms with Crippen LogP contribution in [0.4, 0.5) is 0 Å². The number of hydrogen-bond donors (Lipinski definition) is 1. The van der Waals surface area contributed by atoms with Crippen LogP contribution in [-0.2, 0) is 0 Å². The molecule has 1 aromatic carbocycles. The Morgan fingerprint density at radius 1 is 1.35 bits per heavy atom. The van der Waals surface area contributed by atoms with Crippen molar-refractivity contribution >= 4 is 29.9 Å². The lowest BCUT2D eigenvalue weighted by Gasteiger charge is -2.24. The molecule has 23 heavy (non-hydrogen) atoms. The number of rotatable bonds is 4. The van der Waals surface area contributed by atoms with Crippen LogP contribution < -0.4 is 10.1 Å². The van der Waals surface area contributed by atoms with Crippen molar-refractivity contribution in [2.45, 2.75) is 44.7 Å². The summed E-state index contributed by atoms with van der Waals surface area (Å²) in [6, 6.07) is 6.37. The number of benzene rings is 1. The molecular weight excluding hydrogens is 335 g/mol.